The van der Waals surface area contributed by atoms with Crippen LogP contribution in [0.25, 0.3) is 0 Å². The molecule has 1 unspecified atom stereocenters. The van der Waals surface area contributed by atoms with Crippen LogP contribution in [0.15, 0.2) is 65.9 Å². The second-order valence-corrected chi connectivity index (χ2v) is 7.50. The van der Waals surface area contributed by atoms with E-state index >= 15 is 8.78 Å². The molecule has 0 saturated carbocycles. The number of ether oxygens (including phenoxy) is 2. The smallest absolute Gasteiger partial charge is 0.456 e. The third kappa shape index (κ3) is 6.37. The van der Waals surface area contributed by atoms with Gasteiger partial charge in [0.2, 0.25) is 0 Å². The van der Waals surface area contributed by atoms with E-state index in [-0.39, 0.29) is 11.5 Å². The maximum atomic E-state index is 15.6. The Bertz CT molecular complexity index is 1240. The lowest BCUT2D eigenvalue weighted by atomic mass is 9.84. The van der Waals surface area contributed by atoms with Crippen LogP contribution in [0.4, 0.5) is 30.7 Å². The summed E-state index contributed by atoms with van der Waals surface area (Å²) in [6, 6.07) is 7.62. The van der Waals surface area contributed by atoms with E-state index in [1.165, 1.54) is 0 Å². The van der Waals surface area contributed by atoms with Crippen molar-refractivity contribution < 1.29 is 45.3 Å². The third-order valence-corrected chi connectivity index (χ3v) is 4.87. The summed E-state index contributed by atoms with van der Waals surface area (Å²) in [5.41, 5.74) is -5.41. The molecule has 3 rings (SSSR count). The number of halogens is 7. The van der Waals surface area contributed by atoms with Crippen LogP contribution in [0, 0.1) is 11.6 Å². The summed E-state index contributed by atoms with van der Waals surface area (Å²) in [7, 11) is 0. The van der Waals surface area contributed by atoms with E-state index in [9.17, 15) is 27.1 Å². The first kappa shape index (κ1) is 27.5. The minimum Gasteiger partial charge on any atom is -0.456 e. The summed E-state index contributed by atoms with van der Waals surface area (Å²) < 4.78 is 105. The SMILES string of the molecule is N/N=C\N(N)CC(O)(c1ccc(F)cc1F)C(F)(F)c1ccc(Oc2ccc(OC(F)(F)F)cc2)cn1. The average molecular weight is 533 g/mol. The summed E-state index contributed by atoms with van der Waals surface area (Å²) in [5, 5.41) is 14.6. The van der Waals surface area contributed by atoms with Crippen molar-refractivity contribution in [3.05, 3.63) is 83.7 Å². The molecule has 2 aromatic carbocycles. The Morgan fingerprint density at radius 1 is 0.946 bits per heavy atom. The Labute approximate surface area is 204 Å². The standard InChI is InChI=1S/C22H18F7N5O3/c23-13-1-7-17(18(24)9-13)20(35,11-34(31)12-33-30)21(25,26)19-8-6-16(10-32-19)36-14-2-4-15(5-3-14)37-22(27,28)29/h1-10,12,35H,11,30-31H2/b33-12-. The van der Waals surface area contributed by atoms with Gasteiger partial charge >= 0.3 is 12.3 Å². The van der Waals surface area contributed by atoms with Crippen LogP contribution < -0.4 is 21.2 Å². The van der Waals surface area contributed by atoms with Crippen LogP contribution >= 0.6 is 0 Å². The Balaban J connectivity index is 1.89. The summed E-state index contributed by atoms with van der Waals surface area (Å²) in [6.07, 6.45) is -3.35. The molecule has 15 heteroatoms. The van der Waals surface area contributed by atoms with E-state index in [0.29, 0.717) is 29.5 Å². The molecule has 0 amide bonds. The van der Waals surface area contributed by atoms with Crippen LogP contribution in [0.2, 0.25) is 0 Å². The van der Waals surface area contributed by atoms with Gasteiger partial charge in [-0.25, -0.2) is 14.6 Å². The van der Waals surface area contributed by atoms with Gasteiger partial charge in [0.25, 0.3) is 0 Å². The van der Waals surface area contributed by atoms with E-state index in [4.69, 9.17) is 16.4 Å². The molecule has 8 nitrogen and oxygen atoms in total. The number of alkyl halides is 5. The number of hydrazone groups is 1. The predicted octanol–water partition coefficient (Wildman–Crippen LogP) is 4.11. The maximum absolute atomic E-state index is 15.6. The zero-order chi connectivity index (χ0) is 27.4. The molecule has 5 N–H and O–H groups in total. The number of rotatable bonds is 9. The fourth-order valence-electron chi connectivity index (χ4n) is 3.25. The second kappa shape index (κ2) is 10.5. The van der Waals surface area contributed by atoms with Gasteiger partial charge in [0.15, 0.2) is 5.60 Å². The molecule has 1 heterocycles. The van der Waals surface area contributed by atoms with Crippen LogP contribution in [-0.4, -0.2) is 34.3 Å². The van der Waals surface area contributed by atoms with Gasteiger partial charge < -0.3 is 20.4 Å². The number of nitrogens with two attached hydrogens (primary N) is 2. The monoisotopic (exact) mass is 533 g/mol. The lowest BCUT2D eigenvalue weighted by molar-refractivity contribution is -0.274. The number of aromatic nitrogens is 1. The number of hydrogen-bond acceptors (Lipinski definition) is 7. The van der Waals surface area contributed by atoms with E-state index in [1.54, 1.807) is 0 Å². The molecule has 37 heavy (non-hydrogen) atoms. The first-order chi connectivity index (χ1) is 17.2. The summed E-state index contributed by atoms with van der Waals surface area (Å²) in [6.45, 7) is -1.14. The Hall–Kier alpha value is -4.11. The van der Waals surface area contributed by atoms with E-state index in [0.717, 1.165) is 42.6 Å². The largest absolute Gasteiger partial charge is 0.573 e. The number of aliphatic hydroxyl groups is 1. The first-order valence-electron chi connectivity index (χ1n) is 10.1. The number of benzene rings is 2. The molecule has 0 spiro atoms. The molecule has 3 aromatic rings. The van der Waals surface area contributed by atoms with E-state index in [1.807, 2.05) is 0 Å². The predicted molar refractivity (Wildman–Crippen MR) is 115 cm³/mol. The highest BCUT2D eigenvalue weighted by Gasteiger charge is 2.58. The summed E-state index contributed by atoms with van der Waals surface area (Å²) in [4.78, 5) is 3.58. The number of hydrazine groups is 1. The van der Waals surface area contributed by atoms with Gasteiger partial charge in [-0.3, -0.25) is 9.99 Å². The average Bonchev–Trinajstić information content (AvgIpc) is 2.79. The fourth-order valence-corrected chi connectivity index (χ4v) is 3.25. The highest BCUT2D eigenvalue weighted by atomic mass is 19.4. The molecule has 198 valence electrons. The maximum Gasteiger partial charge on any atom is 0.573 e. The van der Waals surface area contributed by atoms with E-state index < -0.39 is 53.1 Å². The van der Waals surface area contributed by atoms with Gasteiger partial charge in [0.1, 0.15) is 40.9 Å². The highest BCUT2D eigenvalue weighted by Crippen LogP contribution is 2.46. The molecular formula is C22H18F7N5O3. The zero-order valence-corrected chi connectivity index (χ0v) is 18.5. The number of pyridine rings is 1. The van der Waals surface area contributed by atoms with Crippen LogP contribution in [0.1, 0.15) is 11.3 Å². The van der Waals surface area contributed by atoms with Crippen LogP contribution in [0.5, 0.6) is 17.2 Å². The Morgan fingerprint density at radius 2 is 1.57 bits per heavy atom. The molecule has 1 atom stereocenters. The van der Waals surface area contributed by atoms with Crippen LogP contribution in [0.3, 0.4) is 0 Å². The molecule has 0 saturated heterocycles. The molecule has 0 radical (unpaired) electrons. The van der Waals surface area contributed by atoms with Gasteiger partial charge in [-0.15, -0.1) is 13.2 Å². The van der Waals surface area contributed by atoms with Crippen molar-refractivity contribution in [2.75, 3.05) is 6.54 Å². The van der Waals surface area contributed by atoms with Gasteiger partial charge in [-0.2, -0.15) is 13.9 Å². The zero-order valence-electron chi connectivity index (χ0n) is 18.5. The van der Waals surface area contributed by atoms with Crippen molar-refractivity contribution in [2.45, 2.75) is 17.9 Å². The van der Waals surface area contributed by atoms with Gasteiger partial charge in [0, 0.05) is 11.6 Å². The highest BCUT2D eigenvalue weighted by molar-refractivity contribution is 5.53. The molecule has 0 fully saturated rings. The minimum absolute atomic E-state index is 0.0283. The van der Waals surface area contributed by atoms with Crippen molar-refractivity contribution >= 4 is 6.34 Å². The van der Waals surface area contributed by atoms with Gasteiger partial charge in [-0.1, -0.05) is 0 Å². The second-order valence-electron chi connectivity index (χ2n) is 7.50. The molecular weight excluding hydrogens is 515 g/mol. The molecule has 0 aliphatic rings. The minimum atomic E-state index is -4.88. The summed E-state index contributed by atoms with van der Waals surface area (Å²) >= 11 is 0. The normalized spacial score (nSPS) is 13.9. The lowest BCUT2D eigenvalue weighted by Crippen LogP contribution is -2.53. The topological polar surface area (TPSA) is 119 Å². The van der Waals surface area contributed by atoms with Gasteiger partial charge in [-0.05, 0) is 48.5 Å². The molecule has 0 aliphatic heterocycles. The fraction of sp³-hybridized carbons (Fsp3) is 0.182. The van der Waals surface area contributed by atoms with Crippen molar-refractivity contribution in [1.82, 2.24) is 9.99 Å². The Morgan fingerprint density at radius 3 is 2.11 bits per heavy atom. The lowest BCUT2D eigenvalue weighted by Gasteiger charge is -2.37. The van der Waals surface area contributed by atoms with Crippen LogP contribution in [-0.2, 0) is 11.5 Å². The first-order valence-corrected chi connectivity index (χ1v) is 10.1. The number of hydrogen-bond donors (Lipinski definition) is 3. The third-order valence-electron chi connectivity index (χ3n) is 4.87. The van der Waals surface area contributed by atoms with E-state index in [2.05, 4.69) is 14.8 Å². The Kier molecular flexibility index (Phi) is 7.78. The van der Waals surface area contributed by atoms with Crippen molar-refractivity contribution in [1.29, 1.82) is 0 Å². The molecule has 1 aromatic heterocycles. The van der Waals surface area contributed by atoms with Crippen molar-refractivity contribution in [3.8, 4) is 17.2 Å². The van der Waals surface area contributed by atoms with Crippen molar-refractivity contribution in [2.24, 2.45) is 16.8 Å². The molecule has 0 aliphatic carbocycles. The number of nitrogens with zero attached hydrogens (tertiary/aromatic N) is 3. The molecule has 0 bridgehead atoms. The quantitative estimate of drug-likeness (QED) is 0.125. The summed E-state index contributed by atoms with van der Waals surface area (Å²) in [5.74, 6) is 3.02. The van der Waals surface area contributed by atoms with Gasteiger partial charge in [0.05, 0.1) is 12.7 Å². The van der Waals surface area contributed by atoms with Crippen molar-refractivity contribution in [3.63, 3.8) is 0 Å².